The van der Waals surface area contributed by atoms with Crippen LogP contribution in [0.15, 0.2) is 36.5 Å². The summed E-state index contributed by atoms with van der Waals surface area (Å²) in [6.45, 7) is 3.90. The molecule has 2 aromatic heterocycles. The van der Waals surface area contributed by atoms with E-state index in [2.05, 4.69) is 9.97 Å². The van der Waals surface area contributed by atoms with E-state index in [1.165, 1.54) is 0 Å². The largest absolute Gasteiger partial charge is 0.357 e. The van der Waals surface area contributed by atoms with Gasteiger partial charge in [0.15, 0.2) is 0 Å². The van der Waals surface area contributed by atoms with E-state index in [4.69, 9.17) is 0 Å². The molecule has 4 rings (SSSR count). The molecular weight excluding hydrogens is 328 g/mol. The number of piperidine rings is 1. The summed E-state index contributed by atoms with van der Waals surface area (Å²) in [5.74, 6) is 0.249. The molecule has 2 aliphatic rings. The van der Waals surface area contributed by atoms with Crippen LogP contribution in [0.2, 0.25) is 0 Å². The van der Waals surface area contributed by atoms with Crippen molar-refractivity contribution < 1.29 is 9.59 Å². The van der Waals surface area contributed by atoms with E-state index < -0.39 is 0 Å². The van der Waals surface area contributed by atoms with E-state index in [9.17, 15) is 9.59 Å². The quantitative estimate of drug-likeness (QED) is 0.923. The second kappa shape index (κ2) is 6.59. The first-order chi connectivity index (χ1) is 12.6. The zero-order chi connectivity index (χ0) is 18.1. The number of amides is 2. The van der Waals surface area contributed by atoms with Crippen molar-refractivity contribution in [3.63, 3.8) is 0 Å². The van der Waals surface area contributed by atoms with Crippen LogP contribution in [-0.2, 0) is 11.3 Å². The molecule has 2 fully saturated rings. The average molecular weight is 352 g/mol. The number of aromatic amines is 1. The Balaban J connectivity index is 1.47. The molecule has 6 nitrogen and oxygen atoms in total. The van der Waals surface area contributed by atoms with Crippen molar-refractivity contribution in [1.29, 1.82) is 0 Å². The number of carbonyl (C=O) groups excluding carboxylic acids is 2. The molecule has 0 atom stereocenters. The maximum Gasteiger partial charge on any atom is 0.270 e. The third-order valence-corrected chi connectivity index (χ3v) is 5.75. The lowest BCUT2D eigenvalue weighted by Crippen LogP contribution is -2.54. The van der Waals surface area contributed by atoms with Gasteiger partial charge in [0.1, 0.15) is 5.69 Å². The lowest BCUT2D eigenvalue weighted by Gasteiger charge is -2.44. The van der Waals surface area contributed by atoms with Crippen LogP contribution in [-0.4, -0.2) is 50.2 Å². The van der Waals surface area contributed by atoms with Crippen LogP contribution < -0.4 is 0 Å². The Hall–Kier alpha value is -2.63. The van der Waals surface area contributed by atoms with E-state index in [1.54, 1.807) is 6.20 Å². The third-order valence-electron chi connectivity index (χ3n) is 5.75. The summed E-state index contributed by atoms with van der Waals surface area (Å²) in [4.78, 5) is 36.6. The number of H-pyrrole nitrogens is 1. The normalized spacial score (nSPS) is 19.3. The number of aryl methyl sites for hydroxylation is 1. The smallest absolute Gasteiger partial charge is 0.270 e. The van der Waals surface area contributed by atoms with Crippen molar-refractivity contribution >= 4 is 11.8 Å². The number of rotatable bonds is 3. The van der Waals surface area contributed by atoms with Crippen LogP contribution in [0.1, 0.15) is 47.6 Å². The first kappa shape index (κ1) is 16.8. The maximum atomic E-state index is 12.6. The summed E-state index contributed by atoms with van der Waals surface area (Å²) in [6.07, 6.45) is 4.90. The molecule has 0 unspecified atom stereocenters. The first-order valence-electron chi connectivity index (χ1n) is 9.23. The fourth-order valence-electron chi connectivity index (χ4n) is 4.26. The van der Waals surface area contributed by atoms with Crippen molar-refractivity contribution in [1.82, 2.24) is 19.8 Å². The number of carbonyl (C=O) groups is 2. The summed E-state index contributed by atoms with van der Waals surface area (Å²) in [5.41, 5.74) is 2.40. The van der Waals surface area contributed by atoms with Gasteiger partial charge in [0.05, 0.1) is 12.2 Å². The fraction of sp³-hybridized carbons (Fsp3) is 0.450. The minimum Gasteiger partial charge on any atom is -0.357 e. The monoisotopic (exact) mass is 352 g/mol. The molecule has 2 saturated heterocycles. The van der Waals surface area contributed by atoms with Crippen molar-refractivity contribution in [2.24, 2.45) is 0 Å². The molecular formula is C20H24N4O2. The molecule has 1 spiro atoms. The van der Waals surface area contributed by atoms with Crippen LogP contribution in [0.5, 0.6) is 0 Å². The highest BCUT2D eigenvalue weighted by Gasteiger charge is 2.47. The topological polar surface area (TPSA) is 69.3 Å². The van der Waals surface area contributed by atoms with Gasteiger partial charge in [-0.15, -0.1) is 0 Å². The molecule has 136 valence electrons. The summed E-state index contributed by atoms with van der Waals surface area (Å²) < 4.78 is 0. The number of nitrogens with one attached hydrogen (secondary N) is 1. The number of hydrogen-bond donors (Lipinski definition) is 1. The average Bonchev–Trinajstić information content (AvgIpc) is 3.27. The molecule has 26 heavy (non-hydrogen) atoms. The van der Waals surface area contributed by atoms with Crippen molar-refractivity contribution in [3.05, 3.63) is 53.6 Å². The van der Waals surface area contributed by atoms with Gasteiger partial charge in [-0.2, -0.15) is 0 Å². The SMILES string of the molecule is Cc1cccc(CN2C(=O)CCC23CCN(C(=O)c2ccc[nH]2)CC3)n1. The Bertz CT molecular complexity index is 807. The van der Waals surface area contributed by atoms with Gasteiger partial charge < -0.3 is 14.8 Å². The maximum absolute atomic E-state index is 12.6. The lowest BCUT2D eigenvalue weighted by atomic mass is 9.84. The van der Waals surface area contributed by atoms with Gasteiger partial charge in [-0.05, 0) is 50.5 Å². The molecule has 0 saturated carbocycles. The Kier molecular flexibility index (Phi) is 4.26. The van der Waals surface area contributed by atoms with Gasteiger partial charge in [-0.3, -0.25) is 14.6 Å². The van der Waals surface area contributed by atoms with E-state index in [1.807, 2.05) is 47.1 Å². The van der Waals surface area contributed by atoms with Crippen LogP contribution in [0.3, 0.4) is 0 Å². The second-order valence-electron chi connectivity index (χ2n) is 7.35. The molecule has 4 heterocycles. The number of aromatic nitrogens is 2. The Morgan fingerprint density at radius 3 is 2.69 bits per heavy atom. The van der Waals surface area contributed by atoms with Crippen molar-refractivity contribution in [2.75, 3.05) is 13.1 Å². The van der Waals surface area contributed by atoms with Gasteiger partial charge in [0.25, 0.3) is 5.91 Å². The minimum atomic E-state index is -0.130. The van der Waals surface area contributed by atoms with Gasteiger partial charge >= 0.3 is 0 Å². The molecule has 2 aromatic rings. The van der Waals surface area contributed by atoms with Gasteiger partial charge in [0.2, 0.25) is 5.91 Å². The first-order valence-corrected chi connectivity index (χ1v) is 9.23. The summed E-state index contributed by atoms with van der Waals surface area (Å²) in [5, 5.41) is 0. The predicted octanol–water partition coefficient (Wildman–Crippen LogP) is 2.52. The van der Waals surface area contributed by atoms with Crippen LogP contribution >= 0.6 is 0 Å². The molecule has 2 aliphatic heterocycles. The van der Waals surface area contributed by atoms with Crippen LogP contribution in [0.4, 0.5) is 0 Å². The highest BCUT2D eigenvalue weighted by molar-refractivity contribution is 5.92. The van der Waals surface area contributed by atoms with Gasteiger partial charge in [0, 0.05) is 36.9 Å². The second-order valence-corrected chi connectivity index (χ2v) is 7.35. The number of nitrogens with zero attached hydrogens (tertiary/aromatic N) is 3. The zero-order valence-electron chi connectivity index (χ0n) is 15.1. The molecule has 0 aromatic carbocycles. The summed E-state index contributed by atoms with van der Waals surface area (Å²) in [7, 11) is 0. The van der Waals surface area contributed by atoms with E-state index >= 15 is 0 Å². The van der Waals surface area contributed by atoms with Crippen LogP contribution in [0.25, 0.3) is 0 Å². The molecule has 0 radical (unpaired) electrons. The summed E-state index contributed by atoms with van der Waals surface area (Å²) in [6, 6.07) is 9.58. The molecule has 1 N–H and O–H groups in total. The van der Waals surface area contributed by atoms with Gasteiger partial charge in [-0.25, -0.2) is 0 Å². The number of hydrogen-bond acceptors (Lipinski definition) is 3. The predicted molar refractivity (Wildman–Crippen MR) is 97.4 cm³/mol. The van der Waals surface area contributed by atoms with Crippen molar-refractivity contribution in [2.45, 2.75) is 44.7 Å². The lowest BCUT2D eigenvalue weighted by molar-refractivity contribution is -0.133. The molecule has 0 aliphatic carbocycles. The number of likely N-dealkylation sites (tertiary alicyclic amines) is 2. The Labute approximate surface area is 153 Å². The van der Waals surface area contributed by atoms with E-state index in [-0.39, 0.29) is 17.4 Å². The summed E-state index contributed by atoms with van der Waals surface area (Å²) >= 11 is 0. The highest BCUT2D eigenvalue weighted by atomic mass is 16.2. The van der Waals surface area contributed by atoms with Crippen LogP contribution in [0, 0.1) is 6.92 Å². The molecule has 0 bridgehead atoms. The standard InChI is InChI=1S/C20H24N4O2/c1-15-4-2-5-16(22-15)14-24-18(25)7-8-20(24)9-12-23(13-10-20)19(26)17-6-3-11-21-17/h2-6,11,21H,7-10,12-14H2,1H3. The van der Waals surface area contributed by atoms with E-state index in [0.29, 0.717) is 31.7 Å². The van der Waals surface area contributed by atoms with Gasteiger partial charge in [-0.1, -0.05) is 6.07 Å². The molecule has 2 amide bonds. The van der Waals surface area contributed by atoms with Crippen molar-refractivity contribution in [3.8, 4) is 0 Å². The number of pyridine rings is 1. The Morgan fingerprint density at radius 1 is 1.19 bits per heavy atom. The minimum absolute atomic E-state index is 0.0427. The fourth-order valence-corrected chi connectivity index (χ4v) is 4.26. The Morgan fingerprint density at radius 2 is 2.00 bits per heavy atom. The molecule has 6 heteroatoms. The third kappa shape index (κ3) is 3.00. The highest BCUT2D eigenvalue weighted by Crippen LogP contribution is 2.40. The van der Waals surface area contributed by atoms with E-state index in [0.717, 1.165) is 30.7 Å². The zero-order valence-corrected chi connectivity index (χ0v) is 15.1.